The first-order valence-electron chi connectivity index (χ1n) is 6.47. The molecule has 0 atom stereocenters. The van der Waals surface area contributed by atoms with Gasteiger partial charge in [-0.3, -0.25) is 14.9 Å². The predicted octanol–water partition coefficient (Wildman–Crippen LogP) is 2.96. The number of hydrogen-bond donors (Lipinski definition) is 0. The Morgan fingerprint density at radius 3 is 2.57 bits per heavy atom. The first-order valence-corrected chi connectivity index (χ1v) is 6.47. The van der Waals surface area contributed by atoms with E-state index >= 15 is 0 Å². The summed E-state index contributed by atoms with van der Waals surface area (Å²) in [5, 5.41) is 12.9. The SMILES string of the molecule is O=c1ccc([N+](=O)[O-])cn1Cc1cccc2ccccc12. The van der Waals surface area contributed by atoms with E-state index in [1.807, 2.05) is 42.5 Å². The summed E-state index contributed by atoms with van der Waals surface area (Å²) in [4.78, 5) is 22.2. The lowest BCUT2D eigenvalue weighted by Gasteiger charge is -2.08. The molecule has 0 amide bonds. The van der Waals surface area contributed by atoms with Crippen molar-refractivity contribution >= 4 is 16.5 Å². The van der Waals surface area contributed by atoms with Gasteiger partial charge in [0.15, 0.2) is 0 Å². The summed E-state index contributed by atoms with van der Waals surface area (Å²) >= 11 is 0. The molecule has 0 aliphatic carbocycles. The Labute approximate surface area is 120 Å². The monoisotopic (exact) mass is 280 g/mol. The Morgan fingerprint density at radius 2 is 1.76 bits per heavy atom. The van der Waals surface area contributed by atoms with E-state index in [2.05, 4.69) is 0 Å². The Bertz CT molecular complexity index is 879. The van der Waals surface area contributed by atoms with Gasteiger partial charge in [0.2, 0.25) is 0 Å². The second kappa shape index (κ2) is 5.20. The highest BCUT2D eigenvalue weighted by atomic mass is 16.6. The van der Waals surface area contributed by atoms with Gasteiger partial charge in [-0.1, -0.05) is 42.5 Å². The lowest BCUT2D eigenvalue weighted by molar-refractivity contribution is -0.385. The number of nitro groups is 1. The molecule has 104 valence electrons. The lowest BCUT2D eigenvalue weighted by Crippen LogP contribution is -2.19. The van der Waals surface area contributed by atoms with Crippen LogP contribution in [0.3, 0.4) is 0 Å². The zero-order chi connectivity index (χ0) is 14.8. The number of aromatic nitrogens is 1. The maximum Gasteiger partial charge on any atom is 0.285 e. The molecule has 2 aromatic carbocycles. The van der Waals surface area contributed by atoms with Gasteiger partial charge >= 0.3 is 0 Å². The van der Waals surface area contributed by atoms with Crippen LogP contribution in [-0.4, -0.2) is 9.49 Å². The van der Waals surface area contributed by atoms with Gasteiger partial charge in [0.25, 0.3) is 11.2 Å². The first-order chi connectivity index (χ1) is 10.1. The average molecular weight is 280 g/mol. The quantitative estimate of drug-likeness (QED) is 0.547. The normalized spacial score (nSPS) is 10.7. The Morgan fingerprint density at radius 1 is 1.00 bits per heavy atom. The largest absolute Gasteiger partial charge is 0.304 e. The molecule has 1 aromatic heterocycles. The molecular weight excluding hydrogens is 268 g/mol. The van der Waals surface area contributed by atoms with Gasteiger partial charge in [0.05, 0.1) is 17.7 Å². The Kier molecular flexibility index (Phi) is 3.23. The molecule has 0 radical (unpaired) electrons. The fourth-order valence-corrected chi connectivity index (χ4v) is 2.36. The van der Waals surface area contributed by atoms with Gasteiger partial charge in [-0.2, -0.15) is 0 Å². The van der Waals surface area contributed by atoms with E-state index in [0.29, 0.717) is 6.54 Å². The molecular formula is C16H12N2O3. The van der Waals surface area contributed by atoms with Crippen LogP contribution in [0.4, 0.5) is 5.69 Å². The molecule has 0 aliphatic heterocycles. The predicted molar refractivity (Wildman–Crippen MR) is 80.4 cm³/mol. The van der Waals surface area contributed by atoms with Crippen LogP contribution in [-0.2, 0) is 6.54 Å². The number of nitrogens with zero attached hydrogens (tertiary/aromatic N) is 2. The zero-order valence-electron chi connectivity index (χ0n) is 11.1. The maximum absolute atomic E-state index is 11.9. The first kappa shape index (κ1) is 13.1. The van der Waals surface area contributed by atoms with Crippen LogP contribution in [0.25, 0.3) is 10.8 Å². The van der Waals surface area contributed by atoms with Crippen LogP contribution in [0.5, 0.6) is 0 Å². The highest BCUT2D eigenvalue weighted by Crippen LogP contribution is 2.19. The van der Waals surface area contributed by atoms with Crippen molar-refractivity contribution in [3.63, 3.8) is 0 Å². The van der Waals surface area contributed by atoms with Gasteiger partial charge in [-0.25, -0.2) is 0 Å². The van der Waals surface area contributed by atoms with E-state index in [-0.39, 0.29) is 11.2 Å². The van der Waals surface area contributed by atoms with E-state index in [4.69, 9.17) is 0 Å². The van der Waals surface area contributed by atoms with Crippen molar-refractivity contribution in [1.29, 1.82) is 0 Å². The van der Waals surface area contributed by atoms with Gasteiger partial charge in [-0.05, 0) is 16.3 Å². The van der Waals surface area contributed by atoms with Crippen molar-refractivity contribution in [2.75, 3.05) is 0 Å². The minimum atomic E-state index is -0.501. The van der Waals surface area contributed by atoms with Gasteiger partial charge in [0.1, 0.15) is 0 Å². The number of benzene rings is 2. The molecule has 0 bridgehead atoms. The van der Waals surface area contributed by atoms with Gasteiger partial charge < -0.3 is 4.57 Å². The van der Waals surface area contributed by atoms with Crippen LogP contribution in [0, 0.1) is 10.1 Å². The van der Waals surface area contributed by atoms with Crippen molar-refractivity contribution < 1.29 is 4.92 Å². The standard InChI is InChI=1S/C16H12N2O3/c19-16-9-8-14(18(20)21)11-17(16)10-13-6-3-5-12-4-1-2-7-15(12)13/h1-9,11H,10H2. The molecule has 0 spiro atoms. The van der Waals surface area contributed by atoms with Gasteiger partial charge in [0, 0.05) is 12.1 Å². The molecule has 3 aromatic rings. The second-order valence-corrected chi connectivity index (χ2v) is 4.75. The average Bonchev–Trinajstić information content (AvgIpc) is 2.49. The van der Waals surface area contributed by atoms with E-state index in [1.54, 1.807) is 0 Å². The summed E-state index contributed by atoms with van der Waals surface area (Å²) in [7, 11) is 0. The maximum atomic E-state index is 11.9. The van der Waals surface area contributed by atoms with Crippen molar-refractivity contribution in [1.82, 2.24) is 4.57 Å². The number of hydrogen-bond acceptors (Lipinski definition) is 3. The zero-order valence-corrected chi connectivity index (χ0v) is 11.1. The molecule has 0 fully saturated rings. The molecule has 1 heterocycles. The summed E-state index contributed by atoms with van der Waals surface area (Å²) in [6, 6.07) is 16.1. The molecule has 5 heteroatoms. The minimum absolute atomic E-state index is 0.0881. The number of rotatable bonds is 3. The summed E-state index contributed by atoms with van der Waals surface area (Å²) < 4.78 is 1.36. The van der Waals surface area contributed by atoms with Gasteiger partial charge in [-0.15, -0.1) is 0 Å². The van der Waals surface area contributed by atoms with Crippen LogP contribution in [0.15, 0.2) is 65.6 Å². The van der Waals surface area contributed by atoms with Crippen molar-refractivity contribution in [2.24, 2.45) is 0 Å². The third-order valence-corrected chi connectivity index (χ3v) is 3.40. The molecule has 5 nitrogen and oxygen atoms in total. The highest BCUT2D eigenvalue weighted by Gasteiger charge is 2.09. The third-order valence-electron chi connectivity index (χ3n) is 3.40. The van der Waals surface area contributed by atoms with Crippen molar-refractivity contribution in [2.45, 2.75) is 6.54 Å². The number of pyridine rings is 1. The highest BCUT2D eigenvalue weighted by molar-refractivity contribution is 5.85. The summed E-state index contributed by atoms with van der Waals surface area (Å²) in [5.74, 6) is 0. The van der Waals surface area contributed by atoms with Crippen molar-refractivity contribution in [3.8, 4) is 0 Å². The molecule has 0 aliphatic rings. The smallest absolute Gasteiger partial charge is 0.285 e. The molecule has 0 saturated heterocycles. The van der Waals surface area contributed by atoms with Crippen molar-refractivity contribution in [3.05, 3.63) is 86.8 Å². The molecule has 21 heavy (non-hydrogen) atoms. The summed E-state index contributed by atoms with van der Waals surface area (Å²) in [6.07, 6.45) is 1.28. The fourth-order valence-electron chi connectivity index (χ4n) is 2.36. The molecule has 0 unspecified atom stereocenters. The topological polar surface area (TPSA) is 65.1 Å². The molecule has 0 saturated carbocycles. The Balaban J connectivity index is 2.09. The number of fused-ring (bicyclic) bond motifs is 1. The van der Waals surface area contributed by atoms with E-state index < -0.39 is 4.92 Å². The van der Waals surface area contributed by atoms with Crippen LogP contribution in [0.2, 0.25) is 0 Å². The van der Waals surface area contributed by atoms with E-state index in [0.717, 1.165) is 16.3 Å². The Hall–Kier alpha value is -2.95. The third kappa shape index (κ3) is 2.53. The van der Waals surface area contributed by atoms with Crippen LogP contribution in [0.1, 0.15) is 5.56 Å². The van der Waals surface area contributed by atoms with E-state index in [1.165, 1.54) is 22.9 Å². The van der Waals surface area contributed by atoms with Crippen LogP contribution >= 0.6 is 0 Å². The second-order valence-electron chi connectivity index (χ2n) is 4.75. The molecule has 3 rings (SSSR count). The van der Waals surface area contributed by atoms with E-state index in [9.17, 15) is 14.9 Å². The lowest BCUT2D eigenvalue weighted by atomic mass is 10.0. The summed E-state index contributed by atoms with van der Waals surface area (Å²) in [6.45, 7) is 0.307. The summed E-state index contributed by atoms with van der Waals surface area (Å²) in [5.41, 5.74) is 0.610. The molecule has 0 N–H and O–H groups in total. The van der Waals surface area contributed by atoms with Crippen LogP contribution < -0.4 is 5.56 Å². The minimum Gasteiger partial charge on any atom is -0.304 e. The fraction of sp³-hybridized carbons (Fsp3) is 0.0625.